The van der Waals surface area contributed by atoms with Crippen molar-refractivity contribution in [2.75, 3.05) is 13.1 Å². The first kappa shape index (κ1) is 15.4. The fourth-order valence-corrected chi connectivity index (χ4v) is 4.95. The molecule has 0 aliphatic carbocycles. The van der Waals surface area contributed by atoms with Crippen molar-refractivity contribution in [3.63, 3.8) is 0 Å². The van der Waals surface area contributed by atoms with Gasteiger partial charge in [0.15, 0.2) is 5.17 Å². The Bertz CT molecular complexity index is 449. The minimum Gasteiger partial charge on any atom is -0.365 e. The number of hydrogen-bond donors (Lipinski definition) is 1. The highest BCUT2D eigenvalue weighted by Gasteiger charge is 2.24. The molecule has 0 saturated carbocycles. The van der Waals surface area contributed by atoms with Crippen LogP contribution in [0.15, 0.2) is 20.9 Å². The molecular weight excluding hydrogens is 340 g/mol. The highest BCUT2D eigenvalue weighted by molar-refractivity contribution is 9.11. The molecule has 1 aliphatic rings. The van der Waals surface area contributed by atoms with Crippen LogP contribution in [0.1, 0.15) is 32.1 Å². The smallest absolute Gasteiger partial charge is 0.156 e. The molecule has 5 heteroatoms. The Morgan fingerprint density at radius 3 is 2.84 bits per heavy atom. The maximum Gasteiger partial charge on any atom is 0.156 e. The Labute approximate surface area is 132 Å². The van der Waals surface area contributed by atoms with Crippen molar-refractivity contribution in [3.8, 4) is 0 Å². The lowest BCUT2D eigenvalue weighted by Gasteiger charge is -2.21. The Balaban J connectivity index is 1.68. The molecule has 1 N–H and O–H groups in total. The second-order valence-corrected chi connectivity index (χ2v) is 9.87. The van der Waals surface area contributed by atoms with Crippen molar-refractivity contribution in [3.05, 3.63) is 20.8 Å². The molecule has 0 saturated heterocycles. The lowest BCUT2D eigenvalue weighted by atomic mass is 9.90. The molecule has 1 aromatic heterocycles. The van der Waals surface area contributed by atoms with E-state index in [0.29, 0.717) is 10.7 Å². The van der Waals surface area contributed by atoms with E-state index in [0.717, 1.165) is 24.7 Å². The van der Waals surface area contributed by atoms with Gasteiger partial charge in [0.25, 0.3) is 0 Å². The van der Waals surface area contributed by atoms with Gasteiger partial charge in [-0.1, -0.05) is 32.5 Å². The number of amidine groups is 1. The lowest BCUT2D eigenvalue weighted by molar-refractivity contribution is 0.375. The summed E-state index contributed by atoms with van der Waals surface area (Å²) in [7, 11) is 0. The van der Waals surface area contributed by atoms with Crippen LogP contribution in [-0.4, -0.2) is 23.5 Å². The Hall–Kier alpha value is -0.000000000000000111. The van der Waals surface area contributed by atoms with Crippen LogP contribution >= 0.6 is 39.0 Å². The van der Waals surface area contributed by atoms with Gasteiger partial charge in [0.2, 0.25) is 0 Å². The van der Waals surface area contributed by atoms with E-state index in [-0.39, 0.29) is 0 Å². The van der Waals surface area contributed by atoms with Gasteiger partial charge < -0.3 is 5.32 Å². The van der Waals surface area contributed by atoms with Crippen molar-refractivity contribution in [1.29, 1.82) is 0 Å². The van der Waals surface area contributed by atoms with E-state index in [1.165, 1.54) is 15.1 Å². The fourth-order valence-electron chi connectivity index (χ4n) is 2.08. The zero-order chi connectivity index (χ0) is 13.9. The molecule has 0 amide bonds. The molecule has 2 rings (SSSR count). The Morgan fingerprint density at radius 2 is 2.21 bits per heavy atom. The minimum absolute atomic E-state index is 0.395. The number of nitrogens with one attached hydrogen (secondary N) is 1. The molecule has 1 atom stereocenters. The summed E-state index contributed by atoms with van der Waals surface area (Å²) in [5, 5.41) is 5.24. The standard InChI is InChI=1S/C14H21BrN2S2/c1-14(2,3)8-11-9-17-13(19-11)16-7-6-10-4-5-12(15)18-10/h4-5,11H,6-9H2,1-3H3,(H,16,17). The summed E-state index contributed by atoms with van der Waals surface area (Å²) in [6.07, 6.45) is 2.30. The van der Waals surface area contributed by atoms with Gasteiger partial charge >= 0.3 is 0 Å². The average Bonchev–Trinajstić information content (AvgIpc) is 2.86. The Kier molecular flexibility index (Phi) is 5.37. The van der Waals surface area contributed by atoms with Gasteiger partial charge in [-0.2, -0.15) is 0 Å². The fraction of sp³-hybridized carbons (Fsp3) is 0.643. The average molecular weight is 361 g/mol. The maximum atomic E-state index is 4.60. The molecular formula is C14H21BrN2S2. The number of thioether (sulfide) groups is 1. The van der Waals surface area contributed by atoms with Crippen molar-refractivity contribution >= 4 is 44.2 Å². The summed E-state index contributed by atoms with van der Waals surface area (Å²) >= 11 is 7.22. The van der Waals surface area contributed by atoms with Crippen molar-refractivity contribution in [2.24, 2.45) is 10.4 Å². The molecule has 0 spiro atoms. The van der Waals surface area contributed by atoms with Gasteiger partial charge in [0.1, 0.15) is 0 Å². The molecule has 0 fully saturated rings. The third kappa shape index (κ3) is 5.48. The predicted octanol–water partition coefficient (Wildman–Crippen LogP) is 4.55. The third-order valence-corrected chi connectivity index (χ3v) is 5.66. The van der Waals surface area contributed by atoms with Crippen molar-refractivity contribution in [1.82, 2.24) is 5.32 Å². The van der Waals surface area contributed by atoms with Crippen LogP contribution in [-0.2, 0) is 6.42 Å². The summed E-state index contributed by atoms with van der Waals surface area (Å²) < 4.78 is 1.21. The number of rotatable bonds is 4. The number of halogens is 1. The molecule has 0 bridgehead atoms. The lowest BCUT2D eigenvalue weighted by Crippen LogP contribution is -2.22. The third-order valence-electron chi connectivity index (χ3n) is 2.83. The van der Waals surface area contributed by atoms with Crippen LogP contribution < -0.4 is 5.32 Å². The first-order valence-electron chi connectivity index (χ1n) is 6.61. The number of aliphatic imine (C=N–C) groups is 1. The SMILES string of the molecule is CC(C)(C)CC1CN=C(NCCc2ccc(Br)s2)S1. The highest BCUT2D eigenvalue weighted by Crippen LogP contribution is 2.31. The topological polar surface area (TPSA) is 24.4 Å². The molecule has 106 valence electrons. The van der Waals surface area contributed by atoms with E-state index < -0.39 is 0 Å². The zero-order valence-electron chi connectivity index (χ0n) is 11.7. The molecule has 2 nitrogen and oxygen atoms in total. The van der Waals surface area contributed by atoms with E-state index in [9.17, 15) is 0 Å². The number of thiophene rings is 1. The van der Waals surface area contributed by atoms with E-state index in [1.54, 1.807) is 0 Å². The minimum atomic E-state index is 0.395. The summed E-state index contributed by atoms with van der Waals surface area (Å²) in [5.41, 5.74) is 0.395. The number of hydrogen-bond acceptors (Lipinski definition) is 4. The molecule has 1 unspecified atom stereocenters. The van der Waals surface area contributed by atoms with Gasteiger partial charge in [-0.05, 0) is 46.3 Å². The second kappa shape index (κ2) is 6.64. The molecule has 1 aromatic rings. The van der Waals surface area contributed by atoms with E-state index in [2.05, 4.69) is 59.1 Å². The highest BCUT2D eigenvalue weighted by atomic mass is 79.9. The van der Waals surface area contributed by atoms with Gasteiger partial charge in [-0.15, -0.1) is 11.3 Å². The van der Waals surface area contributed by atoms with Crippen molar-refractivity contribution in [2.45, 2.75) is 38.9 Å². The van der Waals surface area contributed by atoms with E-state index in [4.69, 9.17) is 0 Å². The normalized spacial score (nSPS) is 19.6. The van der Waals surface area contributed by atoms with Crippen LogP contribution in [0.25, 0.3) is 0 Å². The molecule has 2 heterocycles. The summed E-state index contributed by atoms with van der Waals surface area (Å²) in [6, 6.07) is 4.30. The monoisotopic (exact) mass is 360 g/mol. The van der Waals surface area contributed by atoms with Crippen LogP contribution in [0.5, 0.6) is 0 Å². The first-order chi connectivity index (χ1) is 8.92. The summed E-state index contributed by atoms with van der Waals surface area (Å²) in [6.45, 7) is 8.84. The molecule has 19 heavy (non-hydrogen) atoms. The van der Waals surface area contributed by atoms with Crippen LogP contribution in [0.4, 0.5) is 0 Å². The van der Waals surface area contributed by atoms with Crippen LogP contribution in [0.2, 0.25) is 0 Å². The van der Waals surface area contributed by atoms with Crippen LogP contribution in [0.3, 0.4) is 0 Å². The van der Waals surface area contributed by atoms with Gasteiger partial charge in [0, 0.05) is 16.7 Å². The zero-order valence-corrected chi connectivity index (χ0v) is 14.9. The predicted molar refractivity (Wildman–Crippen MR) is 91.5 cm³/mol. The van der Waals surface area contributed by atoms with Gasteiger partial charge in [-0.25, -0.2) is 0 Å². The quantitative estimate of drug-likeness (QED) is 0.851. The molecule has 0 aromatic carbocycles. The summed E-state index contributed by atoms with van der Waals surface area (Å²) in [4.78, 5) is 6.01. The van der Waals surface area contributed by atoms with Crippen molar-refractivity contribution < 1.29 is 0 Å². The number of nitrogens with zero attached hydrogens (tertiary/aromatic N) is 1. The second-order valence-electron chi connectivity index (χ2n) is 6.03. The van der Waals surface area contributed by atoms with Gasteiger partial charge in [-0.3, -0.25) is 4.99 Å². The molecule has 1 aliphatic heterocycles. The van der Waals surface area contributed by atoms with E-state index in [1.807, 2.05) is 23.1 Å². The summed E-state index contributed by atoms with van der Waals surface area (Å²) in [5.74, 6) is 0. The van der Waals surface area contributed by atoms with Crippen LogP contribution in [0, 0.1) is 5.41 Å². The van der Waals surface area contributed by atoms with E-state index >= 15 is 0 Å². The molecule has 0 radical (unpaired) electrons. The maximum absolute atomic E-state index is 4.60. The Morgan fingerprint density at radius 1 is 1.42 bits per heavy atom. The first-order valence-corrected chi connectivity index (χ1v) is 9.10. The van der Waals surface area contributed by atoms with Gasteiger partial charge in [0.05, 0.1) is 10.3 Å². The largest absolute Gasteiger partial charge is 0.365 e.